The molecule has 0 fully saturated rings. The fourth-order valence-corrected chi connectivity index (χ4v) is 2.09. The summed E-state index contributed by atoms with van der Waals surface area (Å²) in [6, 6.07) is 6.99. The lowest BCUT2D eigenvalue weighted by Gasteiger charge is -2.32. The summed E-state index contributed by atoms with van der Waals surface area (Å²) < 4.78 is 11.4. The molecule has 1 aliphatic heterocycles. The maximum Gasteiger partial charge on any atom is 0.265 e. The summed E-state index contributed by atoms with van der Waals surface area (Å²) in [5, 5.41) is 12.1. The number of aliphatic hydroxyl groups excluding tert-OH is 1. The third-order valence-electron chi connectivity index (χ3n) is 3.43. The number of carbonyl (C=O) groups excluding carboxylic acids is 1. The van der Waals surface area contributed by atoms with Gasteiger partial charge in [0.15, 0.2) is 11.5 Å². The number of ether oxygens (including phenoxy) is 2. The van der Waals surface area contributed by atoms with Crippen LogP contribution >= 0.6 is 0 Å². The summed E-state index contributed by atoms with van der Waals surface area (Å²) in [5.41, 5.74) is 0. The van der Waals surface area contributed by atoms with Crippen molar-refractivity contribution in [1.29, 1.82) is 0 Å². The standard InChI is InChI=1S/C15H21NO4/c1-9(2)11(8-17)16-15(18)14-10(3)19-12-6-4-5-7-13(12)20-14/h4-7,9-11,14,17H,8H2,1-3H3,(H,16,18)/t10?,11-,14?/m1/s1. The SMILES string of the molecule is CC1Oc2ccccc2OC1C(=O)N[C@H](CO)C(C)C. The van der Waals surface area contributed by atoms with Crippen molar-refractivity contribution in [1.82, 2.24) is 5.32 Å². The van der Waals surface area contributed by atoms with Crippen molar-refractivity contribution in [2.45, 2.75) is 39.0 Å². The molecule has 2 N–H and O–H groups in total. The lowest BCUT2D eigenvalue weighted by molar-refractivity contribution is -0.134. The molecule has 0 aliphatic carbocycles. The molecule has 0 bridgehead atoms. The minimum absolute atomic E-state index is 0.0953. The predicted octanol–water partition coefficient (Wildman–Crippen LogP) is 1.35. The third kappa shape index (κ3) is 3.04. The number of amides is 1. The molecule has 0 spiro atoms. The van der Waals surface area contributed by atoms with E-state index < -0.39 is 6.10 Å². The molecule has 0 aromatic heterocycles. The first kappa shape index (κ1) is 14.7. The Labute approximate surface area is 118 Å². The molecule has 0 saturated carbocycles. The van der Waals surface area contributed by atoms with E-state index in [1.54, 1.807) is 13.0 Å². The number of para-hydroxylation sites is 2. The van der Waals surface area contributed by atoms with Gasteiger partial charge in [0.05, 0.1) is 12.6 Å². The van der Waals surface area contributed by atoms with Crippen LogP contribution in [0.4, 0.5) is 0 Å². The predicted molar refractivity (Wildman–Crippen MR) is 74.8 cm³/mol. The van der Waals surface area contributed by atoms with Gasteiger partial charge in [-0.25, -0.2) is 0 Å². The maximum absolute atomic E-state index is 12.3. The van der Waals surface area contributed by atoms with Crippen molar-refractivity contribution in [2.24, 2.45) is 5.92 Å². The number of nitrogens with one attached hydrogen (secondary N) is 1. The van der Waals surface area contributed by atoms with Crippen molar-refractivity contribution in [3.8, 4) is 11.5 Å². The van der Waals surface area contributed by atoms with Crippen molar-refractivity contribution < 1.29 is 19.4 Å². The van der Waals surface area contributed by atoms with Crippen LogP contribution in [0.15, 0.2) is 24.3 Å². The highest BCUT2D eigenvalue weighted by Crippen LogP contribution is 2.33. The summed E-state index contributed by atoms with van der Waals surface area (Å²) >= 11 is 0. The zero-order valence-corrected chi connectivity index (χ0v) is 12.0. The van der Waals surface area contributed by atoms with E-state index in [1.807, 2.05) is 32.0 Å². The molecule has 1 aliphatic rings. The minimum atomic E-state index is -0.710. The van der Waals surface area contributed by atoms with Crippen LogP contribution in [0, 0.1) is 5.92 Å². The molecule has 1 aromatic carbocycles. The number of benzene rings is 1. The lowest BCUT2D eigenvalue weighted by atomic mass is 10.0. The quantitative estimate of drug-likeness (QED) is 0.873. The van der Waals surface area contributed by atoms with Gasteiger partial charge < -0.3 is 19.9 Å². The molecular weight excluding hydrogens is 258 g/mol. The molecule has 110 valence electrons. The Kier molecular flexibility index (Phi) is 4.49. The Morgan fingerprint density at radius 3 is 2.45 bits per heavy atom. The molecular formula is C15H21NO4. The molecule has 5 nitrogen and oxygen atoms in total. The van der Waals surface area contributed by atoms with Gasteiger partial charge in [-0.15, -0.1) is 0 Å². The van der Waals surface area contributed by atoms with Gasteiger partial charge in [0.25, 0.3) is 5.91 Å². The molecule has 5 heteroatoms. The zero-order valence-electron chi connectivity index (χ0n) is 12.0. The first-order chi connectivity index (χ1) is 9.52. The first-order valence-corrected chi connectivity index (χ1v) is 6.86. The van der Waals surface area contributed by atoms with Crippen LogP contribution in [0.25, 0.3) is 0 Å². The van der Waals surface area contributed by atoms with E-state index in [0.717, 1.165) is 0 Å². The van der Waals surface area contributed by atoms with Gasteiger partial charge in [-0.05, 0) is 25.0 Å². The zero-order chi connectivity index (χ0) is 14.7. The number of fused-ring (bicyclic) bond motifs is 1. The van der Waals surface area contributed by atoms with E-state index in [-0.39, 0.29) is 30.6 Å². The van der Waals surface area contributed by atoms with Crippen LogP contribution in [0.2, 0.25) is 0 Å². The second-order valence-corrected chi connectivity index (χ2v) is 5.35. The largest absolute Gasteiger partial charge is 0.482 e. The summed E-state index contributed by atoms with van der Waals surface area (Å²) in [5.74, 6) is 1.10. The van der Waals surface area contributed by atoms with Gasteiger partial charge in [0.1, 0.15) is 6.10 Å². The van der Waals surface area contributed by atoms with Crippen molar-refractivity contribution in [3.63, 3.8) is 0 Å². The van der Waals surface area contributed by atoms with E-state index >= 15 is 0 Å². The second-order valence-electron chi connectivity index (χ2n) is 5.35. The summed E-state index contributed by atoms with van der Waals surface area (Å²) in [4.78, 5) is 12.3. The maximum atomic E-state index is 12.3. The average Bonchev–Trinajstić information content (AvgIpc) is 2.43. The monoisotopic (exact) mass is 279 g/mol. The Balaban J connectivity index is 2.08. The topological polar surface area (TPSA) is 67.8 Å². The lowest BCUT2D eigenvalue weighted by Crippen LogP contribution is -2.53. The van der Waals surface area contributed by atoms with Gasteiger partial charge in [-0.3, -0.25) is 4.79 Å². The van der Waals surface area contributed by atoms with Crippen LogP contribution in [-0.4, -0.2) is 35.9 Å². The molecule has 2 unspecified atom stereocenters. The number of hydrogen-bond donors (Lipinski definition) is 2. The van der Waals surface area contributed by atoms with E-state index in [9.17, 15) is 9.90 Å². The van der Waals surface area contributed by atoms with E-state index in [2.05, 4.69) is 5.32 Å². The second kappa shape index (κ2) is 6.13. The molecule has 1 aromatic rings. The summed E-state index contributed by atoms with van der Waals surface area (Å²) in [6.07, 6.45) is -1.09. The smallest absolute Gasteiger partial charge is 0.265 e. The third-order valence-corrected chi connectivity index (χ3v) is 3.43. The molecule has 20 heavy (non-hydrogen) atoms. The van der Waals surface area contributed by atoms with Crippen molar-refractivity contribution >= 4 is 5.91 Å². The highest BCUT2D eigenvalue weighted by atomic mass is 16.6. The van der Waals surface area contributed by atoms with Gasteiger partial charge in [-0.2, -0.15) is 0 Å². The highest BCUT2D eigenvalue weighted by Gasteiger charge is 2.35. The van der Waals surface area contributed by atoms with E-state index in [4.69, 9.17) is 9.47 Å². The van der Waals surface area contributed by atoms with Crippen molar-refractivity contribution in [2.75, 3.05) is 6.61 Å². The summed E-state index contributed by atoms with van der Waals surface area (Å²) in [6.45, 7) is 5.59. The molecule has 1 amide bonds. The Morgan fingerprint density at radius 1 is 1.30 bits per heavy atom. The fourth-order valence-electron chi connectivity index (χ4n) is 2.09. The van der Waals surface area contributed by atoms with Crippen LogP contribution in [0.3, 0.4) is 0 Å². The fraction of sp³-hybridized carbons (Fsp3) is 0.533. The van der Waals surface area contributed by atoms with Crippen molar-refractivity contribution in [3.05, 3.63) is 24.3 Å². The number of rotatable bonds is 4. The normalized spacial score (nSPS) is 22.4. The van der Waals surface area contributed by atoms with Gasteiger partial charge in [-0.1, -0.05) is 26.0 Å². The van der Waals surface area contributed by atoms with E-state index in [1.165, 1.54) is 0 Å². The molecule has 1 heterocycles. The molecule has 0 saturated heterocycles. The van der Waals surface area contributed by atoms with Gasteiger partial charge >= 0.3 is 0 Å². The van der Waals surface area contributed by atoms with Gasteiger partial charge in [0, 0.05) is 0 Å². The Morgan fingerprint density at radius 2 is 1.90 bits per heavy atom. The van der Waals surface area contributed by atoms with Gasteiger partial charge in [0.2, 0.25) is 6.10 Å². The van der Waals surface area contributed by atoms with Crippen LogP contribution in [0.5, 0.6) is 11.5 Å². The van der Waals surface area contributed by atoms with Crippen LogP contribution in [0.1, 0.15) is 20.8 Å². The number of aliphatic hydroxyl groups is 1. The number of carbonyl (C=O) groups is 1. The highest BCUT2D eigenvalue weighted by molar-refractivity contribution is 5.82. The van der Waals surface area contributed by atoms with E-state index in [0.29, 0.717) is 11.5 Å². The Bertz CT molecular complexity index is 475. The van der Waals surface area contributed by atoms with Crippen LogP contribution < -0.4 is 14.8 Å². The first-order valence-electron chi connectivity index (χ1n) is 6.86. The molecule has 3 atom stereocenters. The minimum Gasteiger partial charge on any atom is -0.482 e. The van der Waals surface area contributed by atoms with Crippen LogP contribution in [-0.2, 0) is 4.79 Å². The summed E-state index contributed by atoms with van der Waals surface area (Å²) in [7, 11) is 0. The molecule has 2 rings (SSSR count). The average molecular weight is 279 g/mol. The number of hydrogen-bond acceptors (Lipinski definition) is 4. The Hall–Kier alpha value is -1.75. The molecule has 0 radical (unpaired) electrons.